The summed E-state index contributed by atoms with van der Waals surface area (Å²) in [6.45, 7) is 0.660. The van der Waals surface area contributed by atoms with Crippen LogP contribution >= 0.6 is 0 Å². The van der Waals surface area contributed by atoms with Gasteiger partial charge in [0, 0.05) is 5.71 Å². The lowest BCUT2D eigenvalue weighted by molar-refractivity contribution is -0.122. The Morgan fingerprint density at radius 3 is 2.62 bits per heavy atom. The van der Waals surface area contributed by atoms with Gasteiger partial charge >= 0.3 is 5.97 Å². The molecule has 0 saturated carbocycles. The van der Waals surface area contributed by atoms with Crippen LogP contribution in [0.15, 0.2) is 18.2 Å². The molecular weight excluding hydrogens is 279 g/mol. The van der Waals surface area contributed by atoms with Gasteiger partial charge in [0.25, 0.3) is 0 Å². The molecule has 0 aliphatic carbocycles. The maximum atomic E-state index is 13.4. The quantitative estimate of drug-likeness (QED) is 0.635. The largest absolute Gasteiger partial charge is 0.494 e. The van der Waals surface area contributed by atoms with E-state index in [-0.39, 0.29) is 17.0 Å². The summed E-state index contributed by atoms with van der Waals surface area (Å²) in [5, 5.41) is 16.0. The maximum absolute atomic E-state index is 13.4. The molecule has 0 bridgehead atoms. The zero-order valence-electron chi connectivity index (χ0n) is 11.5. The third kappa shape index (κ3) is 4.11. The molecule has 21 heavy (non-hydrogen) atoms. The first-order valence-corrected chi connectivity index (χ1v) is 5.88. The van der Waals surface area contributed by atoms with Crippen LogP contribution in [0.3, 0.4) is 0 Å². The molecule has 1 rings (SSSR count). The second kappa shape index (κ2) is 7.14. The van der Waals surface area contributed by atoms with Crippen molar-refractivity contribution >= 4 is 17.5 Å². The Bertz CT molecular complexity index is 622. The fourth-order valence-corrected chi connectivity index (χ4v) is 1.51. The molecule has 1 aromatic rings. The summed E-state index contributed by atoms with van der Waals surface area (Å²) in [6, 6.07) is 5.12. The third-order valence-corrected chi connectivity index (χ3v) is 2.62. The van der Waals surface area contributed by atoms with E-state index in [0.29, 0.717) is 0 Å². The number of ketones is 1. The summed E-state index contributed by atoms with van der Waals surface area (Å²) in [6.07, 6.45) is 0. The highest BCUT2D eigenvalue weighted by Crippen LogP contribution is 2.18. The molecule has 0 radical (unpaired) electrons. The van der Waals surface area contributed by atoms with Crippen LogP contribution in [0.4, 0.5) is 4.39 Å². The summed E-state index contributed by atoms with van der Waals surface area (Å²) >= 11 is 0. The predicted octanol–water partition coefficient (Wildman–Crippen LogP) is 1.74. The van der Waals surface area contributed by atoms with Crippen molar-refractivity contribution in [2.24, 2.45) is 5.92 Å². The number of halogens is 1. The van der Waals surface area contributed by atoms with Gasteiger partial charge < -0.3 is 14.9 Å². The van der Waals surface area contributed by atoms with Crippen molar-refractivity contribution < 1.29 is 23.5 Å². The zero-order valence-corrected chi connectivity index (χ0v) is 11.5. The number of Topliss-reactive ketones (excluding diaryl/α,β-unsaturated/α-hetero) is 1. The molecule has 1 aromatic carbocycles. The van der Waals surface area contributed by atoms with Crippen LogP contribution in [-0.2, 0) is 9.53 Å². The highest BCUT2D eigenvalue weighted by molar-refractivity contribution is 6.06. The average molecular weight is 292 g/mol. The Morgan fingerprint density at radius 1 is 1.48 bits per heavy atom. The fourth-order valence-electron chi connectivity index (χ4n) is 1.51. The van der Waals surface area contributed by atoms with E-state index in [1.165, 1.54) is 26.2 Å². The Labute approximate surface area is 120 Å². The number of nitriles is 1. The number of esters is 1. The van der Waals surface area contributed by atoms with Gasteiger partial charge in [-0.05, 0) is 25.1 Å². The Kier molecular flexibility index (Phi) is 5.55. The van der Waals surface area contributed by atoms with Crippen LogP contribution in [0, 0.1) is 28.5 Å². The molecule has 6 nitrogen and oxygen atoms in total. The van der Waals surface area contributed by atoms with E-state index in [1.54, 1.807) is 6.07 Å². The number of carbonyl (C=O) groups excluding carboxylic acids is 2. The number of carbonyl (C=O) groups is 2. The smallest absolute Gasteiger partial charge is 0.338 e. The zero-order chi connectivity index (χ0) is 16.0. The Hall–Kier alpha value is -2.75. The minimum absolute atomic E-state index is 0.0217. The fraction of sp³-hybridized carbons (Fsp3) is 0.286. The van der Waals surface area contributed by atoms with E-state index >= 15 is 0 Å². The standard InChI is InChI=1S/C14H13FN2O4/c1-8(17)10(6-16)12(18)7-21-14(19)9-3-4-13(20-2)11(15)5-9/h3-5,10,17H,7H2,1-2H3. The molecule has 0 fully saturated rings. The summed E-state index contributed by atoms with van der Waals surface area (Å²) in [5.74, 6) is -3.60. The van der Waals surface area contributed by atoms with Gasteiger partial charge in [-0.1, -0.05) is 0 Å². The van der Waals surface area contributed by atoms with Crippen molar-refractivity contribution in [2.45, 2.75) is 6.92 Å². The molecule has 1 unspecified atom stereocenters. The van der Waals surface area contributed by atoms with Crippen LogP contribution in [0.5, 0.6) is 5.75 Å². The first-order valence-electron chi connectivity index (χ1n) is 5.88. The molecule has 0 heterocycles. The number of hydrogen-bond donors (Lipinski definition) is 1. The number of benzene rings is 1. The number of rotatable bonds is 6. The van der Waals surface area contributed by atoms with Gasteiger partial charge in [0.05, 0.1) is 18.7 Å². The van der Waals surface area contributed by atoms with E-state index in [4.69, 9.17) is 20.1 Å². The van der Waals surface area contributed by atoms with E-state index in [0.717, 1.165) is 6.07 Å². The lowest BCUT2D eigenvalue weighted by Crippen LogP contribution is -2.25. The maximum Gasteiger partial charge on any atom is 0.338 e. The minimum Gasteiger partial charge on any atom is -0.494 e. The van der Waals surface area contributed by atoms with Gasteiger partial charge in [-0.15, -0.1) is 0 Å². The monoisotopic (exact) mass is 292 g/mol. The van der Waals surface area contributed by atoms with Crippen molar-refractivity contribution in [1.82, 2.24) is 0 Å². The van der Waals surface area contributed by atoms with Crippen molar-refractivity contribution in [3.8, 4) is 11.8 Å². The number of nitrogens with one attached hydrogen (secondary N) is 1. The second-order valence-electron chi connectivity index (χ2n) is 4.14. The van der Waals surface area contributed by atoms with Gasteiger partial charge in [0.2, 0.25) is 0 Å². The van der Waals surface area contributed by atoms with Crippen LogP contribution < -0.4 is 4.74 Å². The Morgan fingerprint density at radius 2 is 2.14 bits per heavy atom. The number of ether oxygens (including phenoxy) is 2. The molecule has 0 amide bonds. The van der Waals surface area contributed by atoms with Gasteiger partial charge in [-0.2, -0.15) is 5.26 Å². The SMILES string of the molecule is COc1ccc(C(=O)OCC(=O)C(C#N)C(C)=N)cc1F. The van der Waals surface area contributed by atoms with Gasteiger partial charge in [0.1, 0.15) is 5.92 Å². The van der Waals surface area contributed by atoms with Crippen LogP contribution in [0.25, 0.3) is 0 Å². The van der Waals surface area contributed by atoms with Crippen molar-refractivity contribution in [1.29, 1.82) is 10.7 Å². The minimum atomic E-state index is -1.24. The molecule has 1 atom stereocenters. The highest BCUT2D eigenvalue weighted by atomic mass is 19.1. The normalized spacial score (nSPS) is 11.1. The van der Waals surface area contributed by atoms with E-state index in [9.17, 15) is 14.0 Å². The van der Waals surface area contributed by atoms with Crippen molar-refractivity contribution in [2.75, 3.05) is 13.7 Å². The van der Waals surface area contributed by atoms with E-state index in [1.807, 2.05) is 0 Å². The molecule has 110 valence electrons. The number of methoxy groups -OCH3 is 1. The topological polar surface area (TPSA) is 100 Å². The van der Waals surface area contributed by atoms with E-state index in [2.05, 4.69) is 0 Å². The summed E-state index contributed by atoms with van der Waals surface area (Å²) in [7, 11) is 1.29. The van der Waals surface area contributed by atoms with Crippen molar-refractivity contribution in [3.63, 3.8) is 0 Å². The molecule has 0 spiro atoms. The lowest BCUT2D eigenvalue weighted by atomic mass is 10.0. The first-order chi connectivity index (χ1) is 9.90. The predicted molar refractivity (Wildman–Crippen MR) is 70.7 cm³/mol. The van der Waals surface area contributed by atoms with Crippen LogP contribution in [-0.4, -0.2) is 31.2 Å². The lowest BCUT2D eigenvalue weighted by Gasteiger charge is -2.08. The number of nitrogens with zero attached hydrogens (tertiary/aromatic N) is 1. The van der Waals surface area contributed by atoms with E-state index < -0.39 is 30.1 Å². The average Bonchev–Trinajstić information content (AvgIpc) is 2.44. The van der Waals surface area contributed by atoms with Crippen molar-refractivity contribution in [3.05, 3.63) is 29.6 Å². The van der Waals surface area contributed by atoms with Crippen LogP contribution in [0.2, 0.25) is 0 Å². The number of hydrogen-bond acceptors (Lipinski definition) is 6. The molecule has 7 heteroatoms. The molecule has 0 aliphatic rings. The first kappa shape index (κ1) is 16.3. The van der Waals surface area contributed by atoms with Gasteiger partial charge in [-0.3, -0.25) is 4.79 Å². The van der Waals surface area contributed by atoms with Gasteiger partial charge in [0.15, 0.2) is 24.0 Å². The summed E-state index contributed by atoms with van der Waals surface area (Å²) in [5.41, 5.74) is -0.213. The van der Waals surface area contributed by atoms with Crippen LogP contribution in [0.1, 0.15) is 17.3 Å². The molecule has 0 saturated heterocycles. The third-order valence-electron chi connectivity index (χ3n) is 2.62. The molecule has 1 N–H and O–H groups in total. The molecule has 0 aliphatic heterocycles. The summed E-state index contributed by atoms with van der Waals surface area (Å²) in [4.78, 5) is 23.2. The highest BCUT2D eigenvalue weighted by Gasteiger charge is 2.22. The summed E-state index contributed by atoms with van der Waals surface area (Å²) < 4.78 is 22.8. The second-order valence-corrected chi connectivity index (χ2v) is 4.14. The molecular formula is C14H13FN2O4. The Balaban J connectivity index is 2.70. The van der Waals surface area contributed by atoms with Gasteiger partial charge in [-0.25, -0.2) is 9.18 Å². The molecule has 0 aromatic heterocycles.